The van der Waals surface area contributed by atoms with E-state index in [4.69, 9.17) is 10.4 Å². The van der Waals surface area contributed by atoms with Gasteiger partial charge in [0.25, 0.3) is 0 Å². The molecule has 2 N–H and O–H groups in total. The van der Waals surface area contributed by atoms with E-state index < -0.39 is 0 Å². The van der Waals surface area contributed by atoms with Crippen molar-refractivity contribution < 1.29 is 0 Å². The number of hydrogen-bond donors (Lipinski definition) is 2. The molecule has 4 nitrogen and oxygen atoms in total. The fraction of sp³-hybridized carbons (Fsp3) is 0.0769. The largest absolute Gasteiger partial charge is 0.379 e. The highest BCUT2D eigenvalue weighted by Crippen LogP contribution is 2.29. The van der Waals surface area contributed by atoms with Crippen molar-refractivity contribution >= 4 is 16.7 Å². The van der Waals surface area contributed by atoms with Gasteiger partial charge in [-0.25, -0.2) is 4.98 Å². The lowest BCUT2D eigenvalue weighted by molar-refractivity contribution is 1.06. The molecule has 1 aliphatic carbocycles. The van der Waals surface area contributed by atoms with Gasteiger partial charge in [0.2, 0.25) is 0 Å². The van der Waals surface area contributed by atoms with Crippen LogP contribution in [0, 0.1) is 12.3 Å². The second kappa shape index (κ2) is 7.48. The summed E-state index contributed by atoms with van der Waals surface area (Å²) in [5.74, 6) is 0. The molecular formula is C26H22N4. The second-order valence-corrected chi connectivity index (χ2v) is 7.44. The van der Waals surface area contributed by atoms with Gasteiger partial charge in [-0.3, -0.25) is 5.41 Å². The van der Waals surface area contributed by atoms with Gasteiger partial charge >= 0.3 is 0 Å². The lowest BCUT2D eigenvalue weighted by Gasteiger charge is -2.20. The zero-order chi connectivity index (χ0) is 20.5. The molecule has 0 unspecified atom stereocenters. The number of para-hydroxylation sites is 3. The third-order valence-electron chi connectivity index (χ3n) is 5.46. The number of aryl methyl sites for hydroxylation is 1. The minimum Gasteiger partial charge on any atom is -0.379 e. The molecule has 0 saturated carbocycles. The highest BCUT2D eigenvalue weighted by Gasteiger charge is 2.15. The average Bonchev–Trinajstić information content (AvgIpc) is 2.78. The van der Waals surface area contributed by atoms with Gasteiger partial charge in [0.05, 0.1) is 33.5 Å². The minimum atomic E-state index is 0.456. The maximum atomic E-state index is 8.64. The summed E-state index contributed by atoms with van der Waals surface area (Å²) in [6.07, 6.45) is 0. The summed E-state index contributed by atoms with van der Waals surface area (Å²) >= 11 is 0. The summed E-state index contributed by atoms with van der Waals surface area (Å²) in [5.41, 5.74) is 8.04. The monoisotopic (exact) mass is 390 g/mol. The first-order chi connectivity index (χ1) is 14.7. The van der Waals surface area contributed by atoms with E-state index in [1.807, 2.05) is 60.7 Å². The van der Waals surface area contributed by atoms with Crippen LogP contribution < -0.4 is 10.7 Å². The van der Waals surface area contributed by atoms with E-state index in [2.05, 4.69) is 47.1 Å². The molecule has 0 bridgehead atoms. The number of benzene rings is 4. The molecule has 2 aliphatic rings. The Bertz CT molecular complexity index is 1370. The van der Waals surface area contributed by atoms with Crippen LogP contribution in [0.3, 0.4) is 0 Å². The molecule has 5 rings (SSSR count). The Morgan fingerprint density at radius 3 is 2.43 bits per heavy atom. The lowest BCUT2D eigenvalue weighted by atomic mass is 10.1. The number of aromatic nitrogens is 2. The fourth-order valence-corrected chi connectivity index (χ4v) is 3.85. The number of nitrogens with one attached hydrogen (secondary N) is 2. The van der Waals surface area contributed by atoms with Gasteiger partial charge < -0.3 is 9.88 Å². The molecule has 30 heavy (non-hydrogen) atoms. The molecule has 0 atom stereocenters. The van der Waals surface area contributed by atoms with Gasteiger partial charge in [0.15, 0.2) is 0 Å². The standard InChI is InChI=1S/C26H22N4/c1-18-9-5-6-10-19(18)17-28-23-16-24-26(15-21(23)27)30(20-11-3-2-4-12-20)25-14-8-7-13-22(25)29-24/h2-16,27-28H,17H2,1H3. The normalized spacial score (nSPS) is 11.1. The van der Waals surface area contributed by atoms with Crippen LogP contribution in [0.15, 0.2) is 91.0 Å². The summed E-state index contributed by atoms with van der Waals surface area (Å²) in [7, 11) is 0. The maximum absolute atomic E-state index is 8.64. The van der Waals surface area contributed by atoms with Gasteiger partial charge in [0.1, 0.15) is 0 Å². The maximum Gasteiger partial charge on any atom is 0.0900 e. The summed E-state index contributed by atoms with van der Waals surface area (Å²) in [5, 5.41) is 12.5. The smallest absolute Gasteiger partial charge is 0.0900 e. The molecule has 1 aliphatic heterocycles. The molecule has 1 heterocycles. The molecule has 0 aromatic heterocycles. The van der Waals surface area contributed by atoms with Crippen molar-refractivity contribution in [2.24, 2.45) is 0 Å². The first kappa shape index (κ1) is 18.1. The van der Waals surface area contributed by atoms with Gasteiger partial charge in [-0.2, -0.15) is 0 Å². The Labute approximate surface area is 175 Å². The molecule has 0 fully saturated rings. The van der Waals surface area contributed by atoms with E-state index in [0.29, 0.717) is 11.9 Å². The first-order valence-corrected chi connectivity index (χ1v) is 10.0. The van der Waals surface area contributed by atoms with Crippen LogP contribution in [0.2, 0.25) is 0 Å². The summed E-state index contributed by atoms with van der Waals surface area (Å²) in [6.45, 7) is 2.78. The SMILES string of the molecule is Cc1ccccc1CNc1cc2nc3ccccc3n(-c3ccccc3)c-2cc1=N. The van der Waals surface area contributed by atoms with Gasteiger partial charge in [0, 0.05) is 12.2 Å². The van der Waals surface area contributed by atoms with Crippen molar-refractivity contribution in [3.05, 3.63) is 107 Å². The van der Waals surface area contributed by atoms with Crippen LogP contribution in [0.4, 0.5) is 5.69 Å². The minimum absolute atomic E-state index is 0.456. The van der Waals surface area contributed by atoms with Crippen molar-refractivity contribution in [1.29, 1.82) is 5.41 Å². The quantitative estimate of drug-likeness (QED) is 0.396. The van der Waals surface area contributed by atoms with Crippen molar-refractivity contribution in [3.8, 4) is 17.1 Å². The highest BCUT2D eigenvalue weighted by atomic mass is 15.0. The van der Waals surface area contributed by atoms with Crippen LogP contribution in [0.1, 0.15) is 11.1 Å². The molecule has 0 saturated heterocycles. The Hall–Kier alpha value is -3.92. The van der Waals surface area contributed by atoms with E-state index in [-0.39, 0.29) is 0 Å². The summed E-state index contributed by atoms with van der Waals surface area (Å²) < 4.78 is 2.18. The molecule has 0 amide bonds. The topological polar surface area (TPSA) is 53.7 Å². The van der Waals surface area contributed by atoms with Gasteiger partial charge in [-0.1, -0.05) is 54.6 Å². The molecule has 0 spiro atoms. The van der Waals surface area contributed by atoms with Crippen LogP contribution in [-0.4, -0.2) is 9.55 Å². The highest BCUT2D eigenvalue weighted by molar-refractivity contribution is 5.83. The number of rotatable bonds is 4. The molecule has 3 aromatic carbocycles. The zero-order valence-electron chi connectivity index (χ0n) is 16.8. The van der Waals surface area contributed by atoms with Gasteiger partial charge in [-0.05, 0) is 54.4 Å². The van der Waals surface area contributed by atoms with Crippen molar-refractivity contribution in [3.63, 3.8) is 0 Å². The van der Waals surface area contributed by atoms with Crippen molar-refractivity contribution in [2.45, 2.75) is 13.5 Å². The van der Waals surface area contributed by atoms with Crippen LogP contribution >= 0.6 is 0 Å². The summed E-state index contributed by atoms with van der Waals surface area (Å²) in [4.78, 5) is 4.89. The predicted octanol–water partition coefficient (Wildman–Crippen LogP) is 5.53. The second-order valence-electron chi connectivity index (χ2n) is 7.44. The first-order valence-electron chi connectivity index (χ1n) is 10.0. The molecule has 3 aromatic rings. The molecular weight excluding hydrogens is 368 g/mol. The Balaban J connectivity index is 1.66. The van der Waals surface area contributed by atoms with Gasteiger partial charge in [-0.15, -0.1) is 0 Å². The van der Waals surface area contributed by atoms with E-state index >= 15 is 0 Å². The van der Waals surface area contributed by atoms with E-state index in [1.165, 1.54) is 11.1 Å². The van der Waals surface area contributed by atoms with Crippen molar-refractivity contribution in [2.75, 3.05) is 5.32 Å². The Morgan fingerprint density at radius 1 is 0.867 bits per heavy atom. The summed E-state index contributed by atoms with van der Waals surface area (Å²) in [6, 6.07) is 30.6. The van der Waals surface area contributed by atoms with E-state index in [1.54, 1.807) is 0 Å². The van der Waals surface area contributed by atoms with Crippen LogP contribution in [0.5, 0.6) is 0 Å². The predicted molar refractivity (Wildman–Crippen MR) is 122 cm³/mol. The number of fused-ring (bicyclic) bond motifs is 2. The number of hydrogen-bond acceptors (Lipinski definition) is 3. The Kier molecular flexibility index (Phi) is 4.52. The van der Waals surface area contributed by atoms with Crippen LogP contribution in [-0.2, 0) is 6.54 Å². The fourth-order valence-electron chi connectivity index (χ4n) is 3.85. The molecule has 146 valence electrons. The molecule has 0 radical (unpaired) electrons. The lowest BCUT2D eigenvalue weighted by Crippen LogP contribution is -2.15. The number of nitrogens with zero attached hydrogens (tertiary/aromatic N) is 2. The molecule has 4 heteroatoms. The van der Waals surface area contributed by atoms with Crippen LogP contribution in [0.25, 0.3) is 28.1 Å². The van der Waals surface area contributed by atoms with E-state index in [9.17, 15) is 0 Å². The third-order valence-corrected chi connectivity index (χ3v) is 5.46. The van der Waals surface area contributed by atoms with Crippen molar-refractivity contribution in [1.82, 2.24) is 9.55 Å². The zero-order valence-corrected chi connectivity index (χ0v) is 16.8. The third kappa shape index (κ3) is 3.22. The average molecular weight is 390 g/mol. The van der Waals surface area contributed by atoms with E-state index in [0.717, 1.165) is 33.8 Å². The number of anilines is 1. The Morgan fingerprint density at radius 2 is 1.60 bits per heavy atom.